The zero-order chi connectivity index (χ0) is 12.4. The van der Waals surface area contributed by atoms with E-state index in [9.17, 15) is 4.79 Å². The highest BCUT2D eigenvalue weighted by Crippen LogP contribution is 2.20. The predicted molar refractivity (Wildman–Crippen MR) is 65.9 cm³/mol. The number of hydrogen-bond acceptors (Lipinski definition) is 3. The lowest BCUT2D eigenvalue weighted by molar-refractivity contribution is 0.0603. The van der Waals surface area contributed by atoms with Gasteiger partial charge < -0.3 is 4.74 Å². The zero-order valence-electron chi connectivity index (χ0n) is 10.3. The lowest BCUT2D eigenvalue weighted by Gasteiger charge is -2.07. The highest BCUT2D eigenvalue weighted by Gasteiger charge is 2.13. The monoisotopic (exact) mass is 232 g/mol. The van der Waals surface area contributed by atoms with Crippen LogP contribution in [0.1, 0.15) is 24.2 Å². The van der Waals surface area contributed by atoms with E-state index in [1.807, 2.05) is 16.8 Å². The minimum atomic E-state index is -0.320. The van der Waals surface area contributed by atoms with E-state index in [4.69, 9.17) is 4.74 Å². The second-order valence-electron chi connectivity index (χ2n) is 4.45. The number of carbonyl (C=O) groups is 1. The smallest absolute Gasteiger partial charge is 0.338 e. The van der Waals surface area contributed by atoms with Crippen LogP contribution < -0.4 is 0 Å². The number of esters is 1. The Morgan fingerprint density at radius 1 is 1.47 bits per heavy atom. The number of ether oxygens (including phenoxy) is 1. The van der Waals surface area contributed by atoms with E-state index >= 15 is 0 Å². The van der Waals surface area contributed by atoms with Crippen molar-refractivity contribution in [3.05, 3.63) is 30.0 Å². The molecule has 0 saturated carbocycles. The molecule has 0 N–H and O–H groups in total. The molecule has 0 fully saturated rings. The third kappa shape index (κ3) is 2.16. The zero-order valence-corrected chi connectivity index (χ0v) is 10.3. The van der Waals surface area contributed by atoms with Gasteiger partial charge in [0.1, 0.15) is 0 Å². The number of benzene rings is 1. The minimum absolute atomic E-state index is 0.320. The van der Waals surface area contributed by atoms with Crippen LogP contribution in [0.3, 0.4) is 0 Å². The first-order valence-corrected chi connectivity index (χ1v) is 5.66. The van der Waals surface area contributed by atoms with Crippen molar-refractivity contribution < 1.29 is 9.53 Å². The molecular weight excluding hydrogens is 216 g/mol. The number of fused-ring (bicyclic) bond motifs is 1. The third-order valence-electron chi connectivity index (χ3n) is 2.63. The number of carbonyl (C=O) groups excluding carboxylic acids is 1. The summed E-state index contributed by atoms with van der Waals surface area (Å²) in [7, 11) is 1.39. The third-order valence-corrected chi connectivity index (χ3v) is 2.63. The fourth-order valence-electron chi connectivity index (χ4n) is 1.88. The molecule has 2 aromatic rings. The summed E-state index contributed by atoms with van der Waals surface area (Å²) in [6.45, 7) is 5.11. The summed E-state index contributed by atoms with van der Waals surface area (Å²) in [6.07, 6.45) is 1.73. The van der Waals surface area contributed by atoms with Gasteiger partial charge in [-0.2, -0.15) is 5.10 Å². The maximum atomic E-state index is 11.6. The van der Waals surface area contributed by atoms with Crippen LogP contribution in [0, 0.1) is 5.92 Å². The van der Waals surface area contributed by atoms with Crippen LogP contribution in [-0.4, -0.2) is 22.9 Å². The molecule has 2 rings (SSSR count). The van der Waals surface area contributed by atoms with Crippen molar-refractivity contribution in [2.45, 2.75) is 20.4 Å². The molecule has 0 aliphatic heterocycles. The molecule has 0 unspecified atom stereocenters. The van der Waals surface area contributed by atoms with Gasteiger partial charge in [0.05, 0.1) is 24.4 Å². The molecule has 1 aromatic carbocycles. The largest absolute Gasteiger partial charge is 0.465 e. The van der Waals surface area contributed by atoms with Gasteiger partial charge >= 0.3 is 5.97 Å². The van der Waals surface area contributed by atoms with E-state index in [2.05, 4.69) is 18.9 Å². The fourth-order valence-corrected chi connectivity index (χ4v) is 1.88. The average Bonchev–Trinajstić information content (AvgIpc) is 2.71. The van der Waals surface area contributed by atoms with E-state index < -0.39 is 0 Å². The molecule has 4 heteroatoms. The van der Waals surface area contributed by atoms with Crippen molar-refractivity contribution in [2.75, 3.05) is 7.11 Å². The van der Waals surface area contributed by atoms with Gasteiger partial charge in [-0.3, -0.25) is 4.68 Å². The van der Waals surface area contributed by atoms with Gasteiger partial charge in [-0.25, -0.2) is 4.79 Å². The summed E-state index contributed by atoms with van der Waals surface area (Å²) >= 11 is 0. The fraction of sp³-hybridized carbons (Fsp3) is 0.385. The summed E-state index contributed by atoms with van der Waals surface area (Å²) in [6, 6.07) is 5.58. The summed E-state index contributed by atoms with van der Waals surface area (Å²) in [5, 5.41) is 5.17. The standard InChI is InChI=1S/C13H16N2O2/c1-9(2)8-15-12-6-4-5-10(13(16)17-3)11(12)7-14-15/h4-7,9H,8H2,1-3H3. The highest BCUT2D eigenvalue weighted by molar-refractivity contribution is 6.03. The molecule has 0 atom stereocenters. The molecule has 90 valence electrons. The van der Waals surface area contributed by atoms with Gasteiger partial charge in [0.15, 0.2) is 0 Å². The molecule has 0 radical (unpaired) electrons. The topological polar surface area (TPSA) is 44.1 Å². The second-order valence-corrected chi connectivity index (χ2v) is 4.45. The van der Waals surface area contributed by atoms with Crippen molar-refractivity contribution in [3.63, 3.8) is 0 Å². The van der Waals surface area contributed by atoms with Crippen molar-refractivity contribution in [2.24, 2.45) is 5.92 Å². The van der Waals surface area contributed by atoms with Crippen LogP contribution >= 0.6 is 0 Å². The summed E-state index contributed by atoms with van der Waals surface area (Å²) < 4.78 is 6.68. The Labute approximate surface area is 100 Å². The SMILES string of the molecule is COC(=O)c1cccc2c1cnn2CC(C)C. The predicted octanol–water partition coefficient (Wildman–Crippen LogP) is 2.48. The Bertz CT molecular complexity index is 543. The van der Waals surface area contributed by atoms with Crippen molar-refractivity contribution in [3.8, 4) is 0 Å². The van der Waals surface area contributed by atoms with E-state index in [1.165, 1.54) is 7.11 Å². The first-order chi connectivity index (χ1) is 8.13. The van der Waals surface area contributed by atoms with Gasteiger partial charge in [-0.15, -0.1) is 0 Å². The molecule has 0 bridgehead atoms. The van der Waals surface area contributed by atoms with Crippen LogP contribution in [0.5, 0.6) is 0 Å². The second kappa shape index (κ2) is 4.57. The van der Waals surface area contributed by atoms with Crippen LogP contribution in [0.2, 0.25) is 0 Å². The van der Waals surface area contributed by atoms with Crippen molar-refractivity contribution in [1.82, 2.24) is 9.78 Å². The van der Waals surface area contributed by atoms with Gasteiger partial charge in [0.25, 0.3) is 0 Å². The average molecular weight is 232 g/mol. The lowest BCUT2D eigenvalue weighted by atomic mass is 10.1. The van der Waals surface area contributed by atoms with Gasteiger partial charge in [-0.1, -0.05) is 19.9 Å². The first kappa shape index (κ1) is 11.6. The Morgan fingerprint density at radius 2 is 2.24 bits per heavy atom. The maximum Gasteiger partial charge on any atom is 0.338 e. The lowest BCUT2D eigenvalue weighted by Crippen LogP contribution is -2.06. The number of aromatic nitrogens is 2. The summed E-state index contributed by atoms with van der Waals surface area (Å²) in [4.78, 5) is 11.6. The Balaban J connectivity index is 2.52. The molecule has 1 heterocycles. The molecule has 0 amide bonds. The molecule has 0 aliphatic rings. The van der Waals surface area contributed by atoms with E-state index in [0.717, 1.165) is 17.4 Å². The van der Waals surface area contributed by atoms with Gasteiger partial charge in [-0.05, 0) is 18.1 Å². The number of methoxy groups -OCH3 is 1. The first-order valence-electron chi connectivity index (χ1n) is 5.66. The van der Waals surface area contributed by atoms with E-state index in [-0.39, 0.29) is 5.97 Å². The van der Waals surface area contributed by atoms with Crippen LogP contribution in [0.15, 0.2) is 24.4 Å². The van der Waals surface area contributed by atoms with Crippen molar-refractivity contribution >= 4 is 16.9 Å². The molecule has 1 aromatic heterocycles. The molecule has 4 nitrogen and oxygen atoms in total. The quantitative estimate of drug-likeness (QED) is 0.764. The number of rotatable bonds is 3. The Morgan fingerprint density at radius 3 is 2.88 bits per heavy atom. The minimum Gasteiger partial charge on any atom is -0.465 e. The van der Waals surface area contributed by atoms with Gasteiger partial charge in [0.2, 0.25) is 0 Å². The highest BCUT2D eigenvalue weighted by atomic mass is 16.5. The number of nitrogens with zero attached hydrogens (tertiary/aromatic N) is 2. The van der Waals surface area contributed by atoms with Crippen molar-refractivity contribution in [1.29, 1.82) is 0 Å². The normalized spacial score (nSPS) is 11.1. The van der Waals surface area contributed by atoms with Crippen LogP contribution in [0.4, 0.5) is 0 Å². The molecule has 0 spiro atoms. The molecular formula is C13H16N2O2. The molecule has 0 saturated heterocycles. The Kier molecular flexibility index (Phi) is 3.13. The van der Waals surface area contributed by atoms with Crippen LogP contribution in [0.25, 0.3) is 10.9 Å². The number of hydrogen-bond donors (Lipinski definition) is 0. The summed E-state index contributed by atoms with van der Waals surface area (Å²) in [5.74, 6) is 0.194. The Hall–Kier alpha value is -1.84. The summed E-state index contributed by atoms with van der Waals surface area (Å²) in [5.41, 5.74) is 1.54. The molecule has 0 aliphatic carbocycles. The van der Waals surface area contributed by atoms with E-state index in [1.54, 1.807) is 12.3 Å². The van der Waals surface area contributed by atoms with Gasteiger partial charge in [0, 0.05) is 11.9 Å². The van der Waals surface area contributed by atoms with Crippen LogP contribution in [-0.2, 0) is 11.3 Å². The maximum absolute atomic E-state index is 11.6. The van der Waals surface area contributed by atoms with E-state index in [0.29, 0.717) is 11.5 Å². The molecule has 17 heavy (non-hydrogen) atoms.